The van der Waals surface area contributed by atoms with E-state index in [0.29, 0.717) is 6.54 Å². The minimum atomic E-state index is 0.259. The molecule has 0 aromatic carbocycles. The van der Waals surface area contributed by atoms with E-state index in [1.54, 1.807) is 0 Å². The Hall–Kier alpha value is -1.57. The first-order chi connectivity index (χ1) is 5.38. The van der Waals surface area contributed by atoms with Gasteiger partial charge < -0.3 is 4.42 Å². The second kappa shape index (κ2) is 3.56. The number of aromatic nitrogens is 2. The molecule has 0 aliphatic carbocycles. The molecule has 1 heterocycles. The molecule has 58 valence electrons. The highest BCUT2D eigenvalue weighted by Gasteiger charge is 2.08. The molecule has 0 saturated heterocycles. The van der Waals surface area contributed by atoms with Crippen molar-refractivity contribution in [3.8, 4) is 6.19 Å². The molecule has 0 aliphatic heterocycles. The number of anilines is 1. The topological polar surface area (TPSA) is 66.0 Å². The predicted molar refractivity (Wildman–Crippen MR) is 37.5 cm³/mol. The van der Waals surface area contributed by atoms with E-state index in [1.165, 1.54) is 11.3 Å². The Kier molecular flexibility index (Phi) is 2.44. The van der Waals surface area contributed by atoms with Crippen molar-refractivity contribution >= 4 is 6.01 Å². The van der Waals surface area contributed by atoms with Gasteiger partial charge in [-0.05, 0) is 6.42 Å². The van der Waals surface area contributed by atoms with Crippen LogP contribution in [0.4, 0.5) is 6.01 Å². The Bertz CT molecular complexity index is 238. The SMILES string of the molecule is CCCN(C#N)c1nnco1. The van der Waals surface area contributed by atoms with E-state index >= 15 is 0 Å². The smallest absolute Gasteiger partial charge is 0.331 e. The number of nitrogens with zero attached hydrogens (tertiary/aromatic N) is 4. The van der Waals surface area contributed by atoms with Crippen molar-refractivity contribution in [3.63, 3.8) is 0 Å². The van der Waals surface area contributed by atoms with Gasteiger partial charge in [0.05, 0.1) is 0 Å². The van der Waals surface area contributed by atoms with Gasteiger partial charge in [-0.3, -0.25) is 0 Å². The van der Waals surface area contributed by atoms with E-state index in [2.05, 4.69) is 10.2 Å². The first-order valence-corrected chi connectivity index (χ1v) is 3.32. The van der Waals surface area contributed by atoms with Crippen molar-refractivity contribution in [1.29, 1.82) is 5.26 Å². The standard InChI is InChI=1S/C6H8N4O/c1-2-3-10(4-7)6-9-8-5-11-6/h5H,2-3H2,1H3. The Morgan fingerprint density at radius 2 is 2.64 bits per heavy atom. The lowest BCUT2D eigenvalue weighted by molar-refractivity contribution is 0.548. The largest absolute Gasteiger partial charge is 0.410 e. The van der Waals surface area contributed by atoms with Gasteiger partial charge in [-0.25, -0.2) is 4.90 Å². The number of nitriles is 1. The fourth-order valence-electron chi connectivity index (χ4n) is 0.697. The van der Waals surface area contributed by atoms with E-state index in [9.17, 15) is 0 Å². The van der Waals surface area contributed by atoms with Crippen LogP contribution in [0.3, 0.4) is 0 Å². The maximum absolute atomic E-state index is 8.58. The molecule has 11 heavy (non-hydrogen) atoms. The van der Waals surface area contributed by atoms with Crippen LogP contribution >= 0.6 is 0 Å². The summed E-state index contributed by atoms with van der Waals surface area (Å²) >= 11 is 0. The van der Waals surface area contributed by atoms with Crippen molar-refractivity contribution in [2.75, 3.05) is 11.4 Å². The first-order valence-electron chi connectivity index (χ1n) is 3.32. The van der Waals surface area contributed by atoms with Crippen LogP contribution in [0.15, 0.2) is 10.8 Å². The van der Waals surface area contributed by atoms with E-state index in [1.807, 2.05) is 13.1 Å². The van der Waals surface area contributed by atoms with Gasteiger partial charge in [0.2, 0.25) is 6.39 Å². The highest BCUT2D eigenvalue weighted by molar-refractivity contribution is 5.30. The molecule has 0 aliphatic rings. The summed E-state index contributed by atoms with van der Waals surface area (Å²) < 4.78 is 4.82. The Morgan fingerprint density at radius 3 is 3.09 bits per heavy atom. The predicted octanol–water partition coefficient (Wildman–Crippen LogP) is 0.767. The molecule has 0 fully saturated rings. The normalized spacial score (nSPS) is 9.09. The Morgan fingerprint density at radius 1 is 1.82 bits per heavy atom. The van der Waals surface area contributed by atoms with Gasteiger partial charge in [0.15, 0.2) is 6.19 Å². The maximum Gasteiger partial charge on any atom is 0.331 e. The molecular weight excluding hydrogens is 144 g/mol. The molecule has 0 N–H and O–H groups in total. The zero-order valence-corrected chi connectivity index (χ0v) is 6.19. The fourth-order valence-corrected chi connectivity index (χ4v) is 0.697. The van der Waals surface area contributed by atoms with Crippen LogP contribution in [-0.4, -0.2) is 16.7 Å². The van der Waals surface area contributed by atoms with Crippen LogP contribution in [-0.2, 0) is 0 Å². The van der Waals surface area contributed by atoms with E-state index in [-0.39, 0.29) is 6.01 Å². The summed E-state index contributed by atoms with van der Waals surface area (Å²) in [5, 5.41) is 15.6. The number of hydrogen-bond acceptors (Lipinski definition) is 5. The van der Waals surface area contributed by atoms with Crippen LogP contribution in [0.1, 0.15) is 13.3 Å². The molecule has 0 atom stereocenters. The Balaban J connectivity index is 2.65. The zero-order valence-electron chi connectivity index (χ0n) is 6.19. The van der Waals surface area contributed by atoms with Gasteiger partial charge in [-0.15, -0.1) is 5.10 Å². The molecule has 0 amide bonds. The minimum absolute atomic E-state index is 0.259. The third-order valence-corrected chi connectivity index (χ3v) is 1.15. The molecule has 0 unspecified atom stereocenters. The van der Waals surface area contributed by atoms with Gasteiger partial charge in [0, 0.05) is 6.54 Å². The molecule has 1 aromatic rings. The average molecular weight is 152 g/mol. The van der Waals surface area contributed by atoms with Crippen molar-refractivity contribution in [2.24, 2.45) is 0 Å². The summed E-state index contributed by atoms with van der Waals surface area (Å²) in [5.41, 5.74) is 0. The molecular formula is C6H8N4O. The van der Waals surface area contributed by atoms with Crippen molar-refractivity contribution in [1.82, 2.24) is 10.2 Å². The highest BCUT2D eigenvalue weighted by Crippen LogP contribution is 2.06. The summed E-state index contributed by atoms with van der Waals surface area (Å²) in [6.07, 6.45) is 4.02. The molecule has 0 saturated carbocycles. The maximum atomic E-state index is 8.58. The van der Waals surface area contributed by atoms with Gasteiger partial charge in [0.1, 0.15) is 0 Å². The summed E-state index contributed by atoms with van der Waals surface area (Å²) in [7, 11) is 0. The number of hydrogen-bond donors (Lipinski definition) is 0. The van der Waals surface area contributed by atoms with Gasteiger partial charge in [-0.2, -0.15) is 5.26 Å². The first kappa shape index (κ1) is 7.54. The average Bonchev–Trinajstić information content (AvgIpc) is 2.52. The van der Waals surface area contributed by atoms with Crippen molar-refractivity contribution in [3.05, 3.63) is 6.39 Å². The summed E-state index contributed by atoms with van der Waals surface area (Å²) in [5.74, 6) is 0. The molecule has 5 heteroatoms. The van der Waals surface area contributed by atoms with Gasteiger partial charge >= 0.3 is 6.01 Å². The lowest BCUT2D eigenvalue weighted by Gasteiger charge is -2.06. The minimum Gasteiger partial charge on any atom is -0.410 e. The monoisotopic (exact) mass is 152 g/mol. The second-order valence-electron chi connectivity index (χ2n) is 1.97. The second-order valence-corrected chi connectivity index (χ2v) is 1.97. The van der Waals surface area contributed by atoms with Crippen molar-refractivity contribution in [2.45, 2.75) is 13.3 Å². The van der Waals surface area contributed by atoms with Crippen LogP contribution in [0.5, 0.6) is 0 Å². The van der Waals surface area contributed by atoms with Crippen LogP contribution in [0, 0.1) is 11.5 Å². The van der Waals surface area contributed by atoms with Crippen LogP contribution < -0.4 is 4.90 Å². The lowest BCUT2D eigenvalue weighted by Crippen LogP contribution is -2.17. The zero-order chi connectivity index (χ0) is 8.10. The van der Waals surface area contributed by atoms with Gasteiger partial charge in [-0.1, -0.05) is 12.0 Å². The van der Waals surface area contributed by atoms with E-state index in [0.717, 1.165) is 6.42 Å². The highest BCUT2D eigenvalue weighted by atomic mass is 16.4. The fraction of sp³-hybridized carbons (Fsp3) is 0.500. The summed E-state index contributed by atoms with van der Waals surface area (Å²) in [6, 6.07) is 0.259. The summed E-state index contributed by atoms with van der Waals surface area (Å²) in [4.78, 5) is 1.35. The lowest BCUT2D eigenvalue weighted by atomic mass is 10.4. The molecule has 1 rings (SSSR count). The molecule has 0 radical (unpaired) electrons. The molecule has 0 spiro atoms. The third kappa shape index (κ3) is 1.67. The van der Waals surface area contributed by atoms with Crippen LogP contribution in [0.2, 0.25) is 0 Å². The quantitative estimate of drug-likeness (QED) is 0.472. The molecule has 0 bridgehead atoms. The molecule has 5 nitrogen and oxygen atoms in total. The summed E-state index contributed by atoms with van der Waals surface area (Å²) in [6.45, 7) is 2.58. The van der Waals surface area contributed by atoms with Crippen LogP contribution in [0.25, 0.3) is 0 Å². The van der Waals surface area contributed by atoms with E-state index < -0.39 is 0 Å². The van der Waals surface area contributed by atoms with E-state index in [4.69, 9.17) is 9.68 Å². The third-order valence-electron chi connectivity index (χ3n) is 1.15. The van der Waals surface area contributed by atoms with Gasteiger partial charge in [0.25, 0.3) is 0 Å². The Labute approximate surface area is 64.2 Å². The van der Waals surface area contributed by atoms with Crippen molar-refractivity contribution < 1.29 is 4.42 Å². The molecule has 1 aromatic heterocycles. The number of rotatable bonds is 3.